The quantitative estimate of drug-likeness (QED) is 0.834. The molecular weight excluding hydrogens is 268 g/mol. The van der Waals surface area contributed by atoms with Crippen molar-refractivity contribution in [2.24, 2.45) is 7.05 Å². The highest BCUT2D eigenvalue weighted by Crippen LogP contribution is 2.16. The van der Waals surface area contributed by atoms with Crippen molar-refractivity contribution in [1.29, 1.82) is 0 Å². The molecule has 0 radical (unpaired) electrons. The Labute approximate surface area is 113 Å². The first-order valence-corrected chi connectivity index (χ1v) is 7.51. The molecule has 1 rings (SSSR count). The number of nitrogens with two attached hydrogens (primary N) is 1. The molecule has 0 saturated heterocycles. The van der Waals surface area contributed by atoms with Crippen LogP contribution in [0.5, 0.6) is 0 Å². The molecule has 0 fully saturated rings. The van der Waals surface area contributed by atoms with Crippen molar-refractivity contribution in [3.05, 3.63) is 18.0 Å². The number of rotatable bonds is 4. The number of aryl methyl sites for hydroxylation is 1. The number of esters is 1. The van der Waals surface area contributed by atoms with E-state index in [1.165, 1.54) is 10.6 Å². The second kappa shape index (κ2) is 5.24. The summed E-state index contributed by atoms with van der Waals surface area (Å²) in [6.45, 7) is 4.68. The summed E-state index contributed by atoms with van der Waals surface area (Å²) >= 11 is 0. The molecule has 0 aromatic carbocycles. The molecule has 0 atom stereocenters. The number of hydrogen-bond acceptors (Lipinski definition) is 5. The van der Waals surface area contributed by atoms with Crippen molar-refractivity contribution < 1.29 is 17.9 Å². The molecule has 6 nitrogen and oxygen atoms in total. The number of carbonyl (C=O) groups excluding carboxylic acids is 1. The number of ether oxygens (including phenoxy) is 1. The summed E-state index contributed by atoms with van der Waals surface area (Å²) in [4.78, 5) is 11.7. The Hall–Kier alpha value is -1.50. The lowest BCUT2D eigenvalue weighted by molar-refractivity contribution is 0.0518. The van der Waals surface area contributed by atoms with Crippen LogP contribution >= 0.6 is 0 Å². The van der Waals surface area contributed by atoms with Crippen molar-refractivity contribution in [2.75, 3.05) is 18.1 Å². The number of anilines is 1. The Balaban J connectivity index is 2.60. The van der Waals surface area contributed by atoms with Crippen molar-refractivity contribution in [2.45, 2.75) is 25.5 Å². The third kappa shape index (κ3) is 3.73. The van der Waals surface area contributed by atoms with E-state index >= 15 is 0 Å². The van der Waals surface area contributed by atoms with Gasteiger partial charge in [-0.05, 0) is 26.8 Å². The summed E-state index contributed by atoms with van der Waals surface area (Å²) in [5.41, 5.74) is 6.30. The number of hydrogen-bond donors (Lipinski definition) is 1. The van der Waals surface area contributed by atoms with Gasteiger partial charge in [0.15, 0.2) is 9.84 Å². The highest BCUT2D eigenvalue weighted by Gasteiger charge is 2.29. The first-order chi connectivity index (χ1) is 8.54. The molecule has 0 unspecified atom stereocenters. The molecule has 19 heavy (non-hydrogen) atoms. The van der Waals surface area contributed by atoms with Gasteiger partial charge in [0.25, 0.3) is 0 Å². The number of carbonyl (C=O) groups is 1. The van der Waals surface area contributed by atoms with Gasteiger partial charge in [-0.25, -0.2) is 13.2 Å². The lowest BCUT2D eigenvalue weighted by Crippen LogP contribution is -2.32. The van der Waals surface area contributed by atoms with E-state index in [9.17, 15) is 13.2 Å². The minimum Gasteiger partial charge on any atom is -0.460 e. The first-order valence-electron chi connectivity index (χ1n) is 5.86. The third-order valence-corrected chi connectivity index (χ3v) is 5.32. The molecule has 0 bridgehead atoms. The fraction of sp³-hybridized carbons (Fsp3) is 0.583. The Morgan fingerprint density at radius 2 is 2.00 bits per heavy atom. The Morgan fingerprint density at radius 1 is 1.42 bits per heavy atom. The van der Waals surface area contributed by atoms with Gasteiger partial charge in [0.05, 0.1) is 16.2 Å². The van der Waals surface area contributed by atoms with Crippen LogP contribution in [0, 0.1) is 0 Å². The van der Waals surface area contributed by atoms with Gasteiger partial charge in [-0.1, -0.05) is 0 Å². The molecule has 1 heterocycles. The van der Waals surface area contributed by atoms with Gasteiger partial charge < -0.3 is 15.0 Å². The Kier molecular flexibility index (Phi) is 4.29. The molecule has 108 valence electrons. The fourth-order valence-electron chi connectivity index (χ4n) is 1.42. The number of nitrogens with zero attached hydrogens (tertiary/aromatic N) is 1. The maximum Gasteiger partial charge on any atom is 0.355 e. The van der Waals surface area contributed by atoms with E-state index < -0.39 is 20.6 Å². The summed E-state index contributed by atoms with van der Waals surface area (Å²) in [6.07, 6.45) is 1.59. The van der Waals surface area contributed by atoms with E-state index in [1.807, 2.05) is 0 Å². The number of sulfone groups is 1. The molecule has 0 aliphatic carbocycles. The van der Waals surface area contributed by atoms with Crippen LogP contribution in [0.25, 0.3) is 0 Å². The number of nitrogen functional groups attached to an aromatic ring is 1. The molecular formula is C12H20N2O4S. The van der Waals surface area contributed by atoms with Gasteiger partial charge in [0, 0.05) is 13.2 Å². The summed E-state index contributed by atoms with van der Waals surface area (Å²) in [5, 5.41) is 0. The highest BCUT2D eigenvalue weighted by molar-refractivity contribution is 7.92. The standard InChI is InChI=1S/C12H20N2O4S/c1-12(2,3)19(16,17)6-5-18-11(15)10-7-9(13)8-14(10)4/h7-8H,5-6,13H2,1-4H3. The van der Waals surface area contributed by atoms with Crippen molar-refractivity contribution in [1.82, 2.24) is 4.57 Å². The lowest BCUT2D eigenvalue weighted by atomic mass is 10.3. The molecule has 0 saturated carbocycles. The van der Waals surface area contributed by atoms with Crippen LogP contribution < -0.4 is 5.73 Å². The number of aromatic nitrogens is 1. The topological polar surface area (TPSA) is 91.4 Å². The maximum atomic E-state index is 11.8. The molecule has 2 N–H and O–H groups in total. The van der Waals surface area contributed by atoms with E-state index in [0.29, 0.717) is 11.4 Å². The molecule has 0 aliphatic rings. The largest absolute Gasteiger partial charge is 0.460 e. The van der Waals surface area contributed by atoms with E-state index in [1.54, 1.807) is 34.0 Å². The van der Waals surface area contributed by atoms with E-state index in [4.69, 9.17) is 10.5 Å². The third-order valence-electron chi connectivity index (χ3n) is 2.75. The summed E-state index contributed by atoms with van der Waals surface area (Å²) in [5.74, 6) is -0.773. The van der Waals surface area contributed by atoms with Crippen molar-refractivity contribution >= 4 is 21.5 Å². The smallest absolute Gasteiger partial charge is 0.355 e. The van der Waals surface area contributed by atoms with Crippen LogP contribution in [0.4, 0.5) is 5.69 Å². The molecule has 1 aromatic heterocycles. The molecule has 0 aliphatic heterocycles. The van der Waals surface area contributed by atoms with Crippen LogP contribution in [-0.4, -0.2) is 36.1 Å². The first kappa shape index (κ1) is 15.6. The van der Waals surface area contributed by atoms with Crippen LogP contribution in [-0.2, 0) is 21.6 Å². The van der Waals surface area contributed by atoms with Crippen molar-refractivity contribution in [3.63, 3.8) is 0 Å². The SMILES string of the molecule is Cn1cc(N)cc1C(=O)OCCS(=O)(=O)C(C)(C)C. The van der Waals surface area contributed by atoms with Crippen LogP contribution in [0.15, 0.2) is 12.3 Å². The molecule has 1 aromatic rings. The monoisotopic (exact) mass is 288 g/mol. The van der Waals surface area contributed by atoms with Gasteiger partial charge in [0.1, 0.15) is 12.3 Å². The predicted molar refractivity (Wildman–Crippen MR) is 73.6 cm³/mol. The lowest BCUT2D eigenvalue weighted by Gasteiger charge is -2.18. The maximum absolute atomic E-state index is 11.8. The minimum atomic E-state index is -3.29. The zero-order valence-electron chi connectivity index (χ0n) is 11.6. The van der Waals surface area contributed by atoms with Crippen molar-refractivity contribution in [3.8, 4) is 0 Å². The second-order valence-corrected chi connectivity index (χ2v) is 8.20. The minimum absolute atomic E-state index is 0.163. The summed E-state index contributed by atoms with van der Waals surface area (Å²) < 4.78 is 29.3. The van der Waals surface area contributed by atoms with Crippen LogP contribution in [0.3, 0.4) is 0 Å². The van der Waals surface area contributed by atoms with E-state index in [2.05, 4.69) is 0 Å². The van der Waals surface area contributed by atoms with Gasteiger partial charge >= 0.3 is 5.97 Å². The summed E-state index contributed by atoms with van der Waals surface area (Å²) in [7, 11) is -1.62. The normalized spacial score (nSPS) is 12.4. The van der Waals surface area contributed by atoms with E-state index in [0.717, 1.165) is 0 Å². The van der Waals surface area contributed by atoms with Crippen LogP contribution in [0.1, 0.15) is 31.3 Å². The summed E-state index contributed by atoms with van der Waals surface area (Å²) in [6, 6.07) is 1.49. The zero-order valence-corrected chi connectivity index (χ0v) is 12.5. The zero-order chi connectivity index (χ0) is 14.8. The molecule has 0 spiro atoms. The van der Waals surface area contributed by atoms with Gasteiger partial charge in [-0.15, -0.1) is 0 Å². The fourth-order valence-corrected chi connectivity index (χ4v) is 2.33. The highest BCUT2D eigenvalue weighted by atomic mass is 32.2. The Morgan fingerprint density at radius 3 is 2.42 bits per heavy atom. The van der Waals surface area contributed by atoms with E-state index in [-0.39, 0.29) is 12.4 Å². The van der Waals surface area contributed by atoms with Gasteiger partial charge in [0.2, 0.25) is 0 Å². The van der Waals surface area contributed by atoms with Gasteiger partial charge in [-0.2, -0.15) is 0 Å². The Bertz CT molecular complexity index is 567. The van der Waals surface area contributed by atoms with Gasteiger partial charge in [-0.3, -0.25) is 0 Å². The predicted octanol–water partition coefficient (Wildman–Crippen LogP) is 0.977. The molecule has 0 amide bonds. The second-order valence-electron chi connectivity index (χ2n) is 5.34. The van der Waals surface area contributed by atoms with Crippen LogP contribution in [0.2, 0.25) is 0 Å². The average molecular weight is 288 g/mol. The molecule has 7 heteroatoms. The average Bonchev–Trinajstić information content (AvgIpc) is 2.55.